The highest BCUT2D eigenvalue weighted by molar-refractivity contribution is 7.59. The van der Waals surface area contributed by atoms with Crippen molar-refractivity contribution in [3.63, 3.8) is 0 Å². The zero-order valence-corrected chi connectivity index (χ0v) is 11.1. The van der Waals surface area contributed by atoms with Gasteiger partial charge in [-0.3, -0.25) is 9.36 Å². The van der Waals surface area contributed by atoms with Gasteiger partial charge in [0.2, 0.25) is 7.37 Å². The van der Waals surface area contributed by atoms with E-state index >= 15 is 0 Å². The average molecular weight is 236 g/mol. The molecule has 0 aliphatic carbocycles. The van der Waals surface area contributed by atoms with E-state index in [0.29, 0.717) is 12.8 Å². The molecular weight excluding hydrogens is 215 g/mol. The van der Waals surface area contributed by atoms with Crippen LogP contribution >= 0.6 is 7.37 Å². The fourth-order valence-corrected chi connectivity index (χ4v) is 2.48. The molecule has 4 nitrogen and oxygen atoms in total. The van der Waals surface area contributed by atoms with E-state index in [1.165, 1.54) is 0 Å². The summed E-state index contributed by atoms with van der Waals surface area (Å²) in [6.45, 7) is 9.21. The van der Waals surface area contributed by atoms with Crippen LogP contribution in [-0.2, 0) is 18.6 Å². The molecule has 1 unspecified atom stereocenters. The molecule has 0 saturated heterocycles. The highest BCUT2D eigenvalue weighted by atomic mass is 31.2. The summed E-state index contributed by atoms with van der Waals surface area (Å²) < 4.78 is 22.2. The van der Waals surface area contributed by atoms with E-state index in [-0.39, 0.29) is 6.16 Å². The second-order valence-corrected chi connectivity index (χ2v) is 7.13. The Labute approximate surface area is 91.8 Å². The van der Waals surface area contributed by atoms with Crippen molar-refractivity contribution >= 4 is 13.3 Å². The maximum atomic E-state index is 12.0. The van der Waals surface area contributed by atoms with Crippen molar-refractivity contribution in [1.82, 2.24) is 0 Å². The van der Waals surface area contributed by atoms with E-state index in [1.54, 1.807) is 34.6 Å². The largest absolute Gasteiger partial charge is 0.460 e. The van der Waals surface area contributed by atoms with Crippen LogP contribution in [0.15, 0.2) is 0 Å². The van der Waals surface area contributed by atoms with Crippen molar-refractivity contribution in [1.29, 1.82) is 0 Å². The zero-order chi connectivity index (χ0) is 12.1. The van der Waals surface area contributed by atoms with Crippen LogP contribution in [0.5, 0.6) is 0 Å². The SMILES string of the molecule is CCOP(=O)(CC)CC(=O)OC(C)(C)C. The van der Waals surface area contributed by atoms with E-state index < -0.39 is 18.9 Å². The summed E-state index contributed by atoms with van der Waals surface area (Å²) in [7, 11) is -2.82. The Morgan fingerprint density at radius 1 is 1.27 bits per heavy atom. The van der Waals surface area contributed by atoms with E-state index in [0.717, 1.165) is 0 Å². The minimum Gasteiger partial charge on any atom is -0.460 e. The van der Waals surface area contributed by atoms with E-state index in [9.17, 15) is 9.36 Å². The summed E-state index contributed by atoms with van der Waals surface area (Å²) in [6.07, 6.45) is 0.231. The molecule has 0 aromatic heterocycles. The summed E-state index contributed by atoms with van der Waals surface area (Å²) in [5.41, 5.74) is -0.540. The lowest BCUT2D eigenvalue weighted by Crippen LogP contribution is -2.26. The summed E-state index contributed by atoms with van der Waals surface area (Å²) in [6, 6.07) is 0. The van der Waals surface area contributed by atoms with Gasteiger partial charge in [-0.05, 0) is 27.7 Å². The molecule has 90 valence electrons. The lowest BCUT2D eigenvalue weighted by molar-refractivity contribution is -0.151. The molecule has 0 fully saturated rings. The van der Waals surface area contributed by atoms with Gasteiger partial charge in [0.25, 0.3) is 0 Å². The second kappa shape index (κ2) is 5.66. The van der Waals surface area contributed by atoms with Crippen molar-refractivity contribution in [2.45, 2.75) is 40.2 Å². The number of carbonyl (C=O) groups excluding carboxylic acids is 1. The van der Waals surface area contributed by atoms with Crippen molar-refractivity contribution in [2.24, 2.45) is 0 Å². The maximum Gasteiger partial charge on any atom is 0.316 e. The van der Waals surface area contributed by atoms with Crippen LogP contribution in [-0.4, -0.2) is 30.5 Å². The van der Waals surface area contributed by atoms with Gasteiger partial charge in [0.1, 0.15) is 11.8 Å². The van der Waals surface area contributed by atoms with Gasteiger partial charge >= 0.3 is 5.97 Å². The molecule has 0 aromatic carbocycles. The Bertz CT molecular complexity index is 255. The molecule has 0 amide bonds. The fraction of sp³-hybridized carbons (Fsp3) is 0.900. The topological polar surface area (TPSA) is 52.6 Å². The van der Waals surface area contributed by atoms with Crippen LogP contribution in [0.25, 0.3) is 0 Å². The van der Waals surface area contributed by atoms with Crippen molar-refractivity contribution in [2.75, 3.05) is 18.9 Å². The minimum absolute atomic E-state index is 0.130. The molecule has 1 atom stereocenters. The Balaban J connectivity index is 4.32. The van der Waals surface area contributed by atoms with Crippen LogP contribution in [0.3, 0.4) is 0 Å². The van der Waals surface area contributed by atoms with Crippen LogP contribution in [0.1, 0.15) is 34.6 Å². The number of esters is 1. The molecule has 0 bridgehead atoms. The average Bonchev–Trinajstić information content (AvgIpc) is 2.00. The van der Waals surface area contributed by atoms with Gasteiger partial charge < -0.3 is 9.26 Å². The lowest BCUT2D eigenvalue weighted by atomic mass is 10.2. The van der Waals surface area contributed by atoms with Gasteiger partial charge in [0.05, 0.1) is 6.61 Å². The Morgan fingerprint density at radius 2 is 1.80 bits per heavy atom. The van der Waals surface area contributed by atoms with Crippen LogP contribution in [0.2, 0.25) is 0 Å². The smallest absolute Gasteiger partial charge is 0.316 e. The third-order valence-electron chi connectivity index (χ3n) is 1.64. The van der Waals surface area contributed by atoms with E-state index in [1.807, 2.05) is 0 Å². The zero-order valence-electron chi connectivity index (χ0n) is 10.2. The summed E-state index contributed by atoms with van der Waals surface area (Å²) in [4.78, 5) is 11.4. The fourth-order valence-electron chi connectivity index (χ4n) is 1.05. The van der Waals surface area contributed by atoms with Crippen molar-refractivity contribution in [3.8, 4) is 0 Å². The molecule has 5 heteroatoms. The number of hydrogen-bond donors (Lipinski definition) is 0. The molecule has 0 rings (SSSR count). The lowest BCUT2D eigenvalue weighted by Gasteiger charge is -2.21. The second-order valence-electron chi connectivity index (χ2n) is 4.29. The molecule has 0 aliphatic rings. The number of hydrogen-bond acceptors (Lipinski definition) is 4. The summed E-state index contributed by atoms with van der Waals surface area (Å²) in [5, 5.41) is 0. The third-order valence-corrected chi connectivity index (χ3v) is 4.07. The molecular formula is C10H21O4P. The molecule has 0 aliphatic heterocycles. The monoisotopic (exact) mass is 236 g/mol. The van der Waals surface area contributed by atoms with Crippen LogP contribution < -0.4 is 0 Å². The van der Waals surface area contributed by atoms with Crippen molar-refractivity contribution < 1.29 is 18.6 Å². The number of rotatable bonds is 5. The van der Waals surface area contributed by atoms with Gasteiger partial charge in [0.15, 0.2) is 0 Å². The first-order chi connectivity index (χ1) is 6.72. The normalized spacial score (nSPS) is 15.8. The molecule has 15 heavy (non-hydrogen) atoms. The molecule has 0 radical (unpaired) electrons. The summed E-state index contributed by atoms with van der Waals surface area (Å²) in [5.74, 6) is -0.457. The van der Waals surface area contributed by atoms with E-state index in [4.69, 9.17) is 9.26 Å². The highest BCUT2D eigenvalue weighted by Crippen LogP contribution is 2.46. The van der Waals surface area contributed by atoms with Gasteiger partial charge in [-0.25, -0.2) is 0 Å². The minimum atomic E-state index is -2.82. The van der Waals surface area contributed by atoms with Gasteiger partial charge in [-0.1, -0.05) is 6.92 Å². The molecule has 0 aromatic rings. The maximum absolute atomic E-state index is 12.0. The molecule has 0 saturated carbocycles. The van der Waals surface area contributed by atoms with Crippen molar-refractivity contribution in [3.05, 3.63) is 0 Å². The molecule has 0 N–H and O–H groups in total. The van der Waals surface area contributed by atoms with Gasteiger partial charge in [-0.2, -0.15) is 0 Å². The van der Waals surface area contributed by atoms with E-state index in [2.05, 4.69) is 0 Å². The molecule has 0 spiro atoms. The number of ether oxygens (including phenoxy) is 1. The van der Waals surface area contributed by atoms with Crippen LogP contribution in [0, 0.1) is 0 Å². The first-order valence-corrected chi connectivity index (χ1v) is 7.16. The first kappa shape index (κ1) is 14.7. The Hall–Kier alpha value is -0.340. The Kier molecular flexibility index (Phi) is 5.54. The standard InChI is InChI=1S/C10H21O4P/c1-6-13-15(12,7-2)8-9(11)14-10(3,4)5/h6-8H2,1-5H3. The highest BCUT2D eigenvalue weighted by Gasteiger charge is 2.27. The predicted octanol–water partition coefficient (Wildman–Crippen LogP) is 2.66. The summed E-state index contributed by atoms with van der Waals surface area (Å²) >= 11 is 0. The Morgan fingerprint density at radius 3 is 2.13 bits per heavy atom. The quantitative estimate of drug-likeness (QED) is 0.544. The third kappa shape index (κ3) is 6.69. The first-order valence-electron chi connectivity index (χ1n) is 5.17. The predicted molar refractivity (Wildman–Crippen MR) is 60.5 cm³/mol. The number of carbonyl (C=O) groups is 1. The van der Waals surface area contributed by atoms with Gasteiger partial charge in [0, 0.05) is 6.16 Å². The van der Waals surface area contributed by atoms with Crippen LogP contribution in [0.4, 0.5) is 0 Å². The van der Waals surface area contributed by atoms with Gasteiger partial charge in [-0.15, -0.1) is 0 Å². The molecule has 0 heterocycles.